The van der Waals surface area contributed by atoms with Crippen molar-refractivity contribution in [1.82, 2.24) is 5.01 Å². The number of rotatable bonds is 3. The largest absolute Gasteiger partial charge is 0.461 e. The van der Waals surface area contributed by atoms with Crippen LogP contribution in [0.5, 0.6) is 5.75 Å². The van der Waals surface area contributed by atoms with Gasteiger partial charge in [-0.05, 0) is 41.8 Å². The molecule has 0 amide bonds. The van der Waals surface area contributed by atoms with Gasteiger partial charge in [0, 0.05) is 26.5 Å². The van der Waals surface area contributed by atoms with Crippen molar-refractivity contribution in [2.75, 3.05) is 0 Å². The zero-order valence-corrected chi connectivity index (χ0v) is 18.5. The standard InChI is InChI=1S/C21H14Br2N2O2S/c22-13-5-3-12(4-6-13)20(26)21-25-17(11-16(24-25)19-2-1-9-28-19)15-10-14(23)7-8-18(15)27-21/h1-10,17,21H,11H2/t17-,21-/m1/s1. The Morgan fingerprint density at radius 2 is 1.89 bits per heavy atom. The van der Waals surface area contributed by atoms with Crippen LogP contribution in [0.15, 0.2) is 74.0 Å². The van der Waals surface area contributed by atoms with Crippen LogP contribution in [0, 0.1) is 0 Å². The fourth-order valence-electron chi connectivity index (χ4n) is 3.58. The minimum absolute atomic E-state index is 0.0252. The van der Waals surface area contributed by atoms with Gasteiger partial charge in [-0.25, -0.2) is 5.01 Å². The number of ketones is 1. The van der Waals surface area contributed by atoms with Crippen molar-refractivity contribution in [3.8, 4) is 5.75 Å². The topological polar surface area (TPSA) is 41.9 Å². The minimum Gasteiger partial charge on any atom is -0.461 e. The van der Waals surface area contributed by atoms with E-state index in [1.54, 1.807) is 11.3 Å². The molecule has 0 spiro atoms. The van der Waals surface area contributed by atoms with Crippen LogP contribution in [-0.2, 0) is 0 Å². The molecule has 0 aliphatic carbocycles. The number of hydrogen-bond donors (Lipinski definition) is 0. The molecule has 140 valence electrons. The first-order chi connectivity index (χ1) is 13.6. The number of benzene rings is 2. The zero-order valence-electron chi connectivity index (χ0n) is 14.5. The van der Waals surface area contributed by atoms with Gasteiger partial charge in [-0.3, -0.25) is 4.79 Å². The summed E-state index contributed by atoms with van der Waals surface area (Å²) in [4.78, 5) is 14.4. The maximum absolute atomic E-state index is 13.3. The summed E-state index contributed by atoms with van der Waals surface area (Å²) in [6, 6.07) is 17.3. The van der Waals surface area contributed by atoms with Gasteiger partial charge in [0.25, 0.3) is 6.23 Å². The highest BCUT2D eigenvalue weighted by molar-refractivity contribution is 9.10. The summed E-state index contributed by atoms with van der Waals surface area (Å²) in [5.41, 5.74) is 2.64. The predicted molar refractivity (Wildman–Crippen MR) is 117 cm³/mol. The molecule has 2 aromatic carbocycles. The number of hydrogen-bond acceptors (Lipinski definition) is 5. The molecule has 0 N–H and O–H groups in total. The first-order valence-electron chi connectivity index (χ1n) is 8.76. The van der Waals surface area contributed by atoms with Crippen molar-refractivity contribution in [2.45, 2.75) is 18.7 Å². The number of carbonyl (C=O) groups is 1. The Bertz CT molecular complexity index is 1080. The average Bonchev–Trinajstić information content (AvgIpc) is 3.37. The number of halogens is 2. The van der Waals surface area contributed by atoms with E-state index in [4.69, 9.17) is 9.84 Å². The molecule has 2 aliphatic rings. The van der Waals surface area contributed by atoms with E-state index in [1.165, 1.54) is 0 Å². The van der Waals surface area contributed by atoms with E-state index in [0.717, 1.165) is 37.3 Å². The molecule has 0 fully saturated rings. The highest BCUT2D eigenvalue weighted by Gasteiger charge is 2.43. The second kappa shape index (κ2) is 7.13. The van der Waals surface area contributed by atoms with Crippen molar-refractivity contribution >= 4 is 54.7 Å². The van der Waals surface area contributed by atoms with E-state index in [2.05, 4.69) is 44.0 Å². The van der Waals surface area contributed by atoms with Crippen LogP contribution in [0.1, 0.15) is 33.3 Å². The van der Waals surface area contributed by atoms with Crippen LogP contribution in [-0.4, -0.2) is 22.7 Å². The Kier molecular flexibility index (Phi) is 4.61. The molecule has 28 heavy (non-hydrogen) atoms. The molecular weight excluding hydrogens is 504 g/mol. The number of Topliss-reactive ketones (excluding diaryl/α,β-unsaturated/α-hetero) is 1. The summed E-state index contributed by atoms with van der Waals surface area (Å²) in [6.45, 7) is 0. The van der Waals surface area contributed by atoms with E-state index in [-0.39, 0.29) is 11.8 Å². The summed E-state index contributed by atoms with van der Waals surface area (Å²) < 4.78 is 8.07. The summed E-state index contributed by atoms with van der Waals surface area (Å²) in [7, 11) is 0. The maximum atomic E-state index is 13.3. The molecule has 3 heterocycles. The molecule has 0 saturated carbocycles. The van der Waals surface area contributed by atoms with Gasteiger partial charge in [-0.15, -0.1) is 11.3 Å². The van der Waals surface area contributed by atoms with Gasteiger partial charge in [0.2, 0.25) is 5.78 Å². The quantitative estimate of drug-likeness (QED) is 0.398. The van der Waals surface area contributed by atoms with Crippen molar-refractivity contribution in [3.05, 3.63) is 84.9 Å². The molecule has 3 aromatic rings. The lowest BCUT2D eigenvalue weighted by Crippen LogP contribution is -2.45. The minimum atomic E-state index is -0.780. The lowest BCUT2D eigenvalue weighted by atomic mass is 9.97. The smallest absolute Gasteiger partial charge is 0.251 e. The van der Waals surface area contributed by atoms with Crippen molar-refractivity contribution in [2.24, 2.45) is 5.10 Å². The second-order valence-corrected chi connectivity index (χ2v) is 9.43. The third-order valence-electron chi connectivity index (χ3n) is 4.91. The van der Waals surface area contributed by atoms with Crippen LogP contribution in [0.3, 0.4) is 0 Å². The summed E-state index contributed by atoms with van der Waals surface area (Å²) in [5, 5.41) is 8.69. The molecule has 0 bridgehead atoms. The second-order valence-electron chi connectivity index (χ2n) is 6.65. The average molecular weight is 518 g/mol. The van der Waals surface area contributed by atoms with Gasteiger partial charge in [0.05, 0.1) is 16.6 Å². The van der Waals surface area contributed by atoms with Gasteiger partial charge < -0.3 is 4.74 Å². The summed E-state index contributed by atoms with van der Waals surface area (Å²) >= 11 is 8.62. The predicted octanol–water partition coefficient (Wildman–Crippen LogP) is 6.03. The molecule has 2 aliphatic heterocycles. The lowest BCUT2D eigenvalue weighted by molar-refractivity contribution is -0.00459. The summed E-state index contributed by atoms with van der Waals surface area (Å²) in [5.74, 6) is 0.643. The maximum Gasteiger partial charge on any atom is 0.251 e. The van der Waals surface area contributed by atoms with Gasteiger partial charge in [0.15, 0.2) is 0 Å². The Hall–Kier alpha value is -1.96. The number of hydrazone groups is 1. The van der Waals surface area contributed by atoms with Gasteiger partial charge in [-0.2, -0.15) is 5.10 Å². The highest BCUT2D eigenvalue weighted by atomic mass is 79.9. The lowest BCUT2D eigenvalue weighted by Gasteiger charge is -2.37. The third kappa shape index (κ3) is 3.11. The Labute approximate surface area is 183 Å². The van der Waals surface area contributed by atoms with E-state index in [1.807, 2.05) is 52.9 Å². The first kappa shape index (κ1) is 18.1. The molecule has 0 saturated heterocycles. The van der Waals surface area contributed by atoms with Crippen LogP contribution >= 0.6 is 43.2 Å². The van der Waals surface area contributed by atoms with Crippen LogP contribution in [0.4, 0.5) is 0 Å². The van der Waals surface area contributed by atoms with E-state index < -0.39 is 6.23 Å². The highest BCUT2D eigenvalue weighted by Crippen LogP contribution is 2.44. The molecule has 5 rings (SSSR count). The molecular formula is C21H14Br2N2O2S. The monoisotopic (exact) mass is 516 g/mol. The van der Waals surface area contributed by atoms with Crippen molar-refractivity contribution < 1.29 is 9.53 Å². The molecule has 0 unspecified atom stereocenters. The zero-order chi connectivity index (χ0) is 19.3. The Balaban J connectivity index is 1.57. The molecule has 1 aromatic heterocycles. The number of ether oxygens (including phenoxy) is 1. The van der Waals surface area contributed by atoms with Crippen LogP contribution in [0.25, 0.3) is 0 Å². The van der Waals surface area contributed by atoms with Crippen molar-refractivity contribution in [1.29, 1.82) is 0 Å². The molecule has 7 heteroatoms. The number of thiophene rings is 1. The SMILES string of the molecule is O=C(c1ccc(Br)cc1)[C@H]1Oc2ccc(Br)cc2[C@H]2CC(c3cccs3)=NN12. The van der Waals surface area contributed by atoms with Gasteiger partial charge in [-0.1, -0.05) is 50.1 Å². The molecule has 0 radical (unpaired) electrons. The summed E-state index contributed by atoms with van der Waals surface area (Å²) in [6.07, 6.45) is -0.0328. The Morgan fingerprint density at radius 3 is 2.64 bits per heavy atom. The van der Waals surface area contributed by atoms with Gasteiger partial charge >= 0.3 is 0 Å². The molecule has 4 nitrogen and oxygen atoms in total. The van der Waals surface area contributed by atoms with E-state index in [9.17, 15) is 4.79 Å². The van der Waals surface area contributed by atoms with Crippen LogP contribution < -0.4 is 4.74 Å². The van der Waals surface area contributed by atoms with E-state index in [0.29, 0.717) is 5.56 Å². The Morgan fingerprint density at radius 1 is 1.11 bits per heavy atom. The third-order valence-corrected chi connectivity index (χ3v) is 6.85. The molecule has 2 atom stereocenters. The fourth-order valence-corrected chi connectivity index (χ4v) is 4.94. The number of nitrogens with zero attached hydrogens (tertiary/aromatic N) is 2. The van der Waals surface area contributed by atoms with Gasteiger partial charge in [0.1, 0.15) is 5.75 Å². The van der Waals surface area contributed by atoms with Crippen LogP contribution in [0.2, 0.25) is 0 Å². The normalized spacial score (nSPS) is 20.2. The number of carbonyl (C=O) groups excluding carboxylic acids is 1. The van der Waals surface area contributed by atoms with Crippen molar-refractivity contribution in [3.63, 3.8) is 0 Å². The first-order valence-corrected chi connectivity index (χ1v) is 11.2. The number of fused-ring (bicyclic) bond motifs is 3. The fraction of sp³-hybridized carbons (Fsp3) is 0.143. The van der Waals surface area contributed by atoms with E-state index >= 15 is 0 Å².